The first-order chi connectivity index (χ1) is 14.2. The van der Waals surface area contributed by atoms with Gasteiger partial charge in [0.2, 0.25) is 5.91 Å². The molecule has 0 radical (unpaired) electrons. The highest BCUT2D eigenvalue weighted by molar-refractivity contribution is 14.0. The minimum absolute atomic E-state index is 0. The molecule has 1 fully saturated rings. The van der Waals surface area contributed by atoms with Crippen LogP contribution in [-0.4, -0.2) is 73.7 Å². The number of carbonyl (C=O) groups is 1. The largest absolute Gasteiger partial charge is 0.497 e. The van der Waals surface area contributed by atoms with Gasteiger partial charge in [0.15, 0.2) is 5.96 Å². The van der Waals surface area contributed by atoms with Crippen molar-refractivity contribution in [1.29, 1.82) is 0 Å². The number of aliphatic imine (C=N–C) groups is 1. The summed E-state index contributed by atoms with van der Waals surface area (Å²) in [6, 6.07) is 9.51. The number of hydrogen-bond acceptors (Lipinski definition) is 6. The Labute approximate surface area is 193 Å². The van der Waals surface area contributed by atoms with Crippen LogP contribution in [0.5, 0.6) is 5.75 Å². The first-order valence-electron chi connectivity index (χ1n) is 9.65. The number of nitrogens with zero attached hydrogens (tertiary/aromatic N) is 4. The van der Waals surface area contributed by atoms with E-state index in [1.54, 1.807) is 20.4 Å². The van der Waals surface area contributed by atoms with Crippen LogP contribution in [0, 0.1) is 0 Å². The predicted octanol–water partition coefficient (Wildman–Crippen LogP) is 1.31. The lowest BCUT2D eigenvalue weighted by atomic mass is 10.2. The second-order valence-electron chi connectivity index (χ2n) is 6.78. The second-order valence-corrected chi connectivity index (χ2v) is 6.78. The van der Waals surface area contributed by atoms with Crippen molar-refractivity contribution in [3.05, 3.63) is 47.9 Å². The van der Waals surface area contributed by atoms with Crippen molar-refractivity contribution in [2.75, 3.05) is 46.9 Å². The quantitative estimate of drug-likeness (QED) is 0.318. The van der Waals surface area contributed by atoms with E-state index >= 15 is 0 Å². The van der Waals surface area contributed by atoms with Gasteiger partial charge in [-0.2, -0.15) is 0 Å². The molecule has 0 unspecified atom stereocenters. The molecule has 10 heteroatoms. The number of hydrogen-bond donors (Lipinski definition) is 2. The maximum atomic E-state index is 12.2. The van der Waals surface area contributed by atoms with Gasteiger partial charge in [-0.3, -0.25) is 14.7 Å². The Morgan fingerprint density at radius 2 is 1.90 bits per heavy atom. The number of rotatable bonds is 7. The molecule has 1 saturated heterocycles. The van der Waals surface area contributed by atoms with Gasteiger partial charge in [-0.05, 0) is 17.7 Å². The van der Waals surface area contributed by atoms with Crippen LogP contribution in [0.4, 0.5) is 0 Å². The summed E-state index contributed by atoms with van der Waals surface area (Å²) in [6.45, 7) is 4.92. The lowest BCUT2D eigenvalue weighted by Crippen LogP contribution is -2.53. The SMILES string of the molecule is CN=C(NCC(=O)NCc1ccc(OC)cc1)N1CCN(Cc2ccon2)CC1.I. The zero-order chi connectivity index (χ0) is 20.5. The first-order valence-corrected chi connectivity index (χ1v) is 9.65. The average molecular weight is 528 g/mol. The molecule has 2 N–H and O–H groups in total. The van der Waals surface area contributed by atoms with E-state index in [-0.39, 0.29) is 36.4 Å². The number of guanidine groups is 1. The topological polar surface area (TPSA) is 95.2 Å². The van der Waals surface area contributed by atoms with E-state index in [4.69, 9.17) is 9.26 Å². The smallest absolute Gasteiger partial charge is 0.239 e. The lowest BCUT2D eigenvalue weighted by molar-refractivity contribution is -0.120. The molecule has 9 nitrogen and oxygen atoms in total. The van der Waals surface area contributed by atoms with Crippen molar-refractivity contribution in [2.24, 2.45) is 4.99 Å². The molecule has 2 heterocycles. The normalized spacial score (nSPS) is 14.7. The summed E-state index contributed by atoms with van der Waals surface area (Å²) < 4.78 is 10.0. The summed E-state index contributed by atoms with van der Waals surface area (Å²) in [4.78, 5) is 21.0. The monoisotopic (exact) mass is 528 g/mol. The Balaban J connectivity index is 0.00000320. The highest BCUT2D eigenvalue weighted by Gasteiger charge is 2.20. The van der Waals surface area contributed by atoms with Crippen LogP contribution in [0.2, 0.25) is 0 Å². The van der Waals surface area contributed by atoms with Crippen LogP contribution in [-0.2, 0) is 17.9 Å². The molecule has 1 aromatic carbocycles. The fourth-order valence-corrected chi connectivity index (χ4v) is 3.16. The fourth-order valence-electron chi connectivity index (χ4n) is 3.16. The standard InChI is InChI=1S/C20H28N6O3.HI/c1-21-20(26-10-8-25(9-11-26)15-17-7-12-29-24-17)23-14-19(27)22-13-16-3-5-18(28-2)6-4-16;/h3-7,12H,8-11,13-15H2,1-2H3,(H,21,23)(H,22,27);1H. The molecule has 1 aliphatic heterocycles. The number of nitrogens with one attached hydrogen (secondary N) is 2. The Kier molecular flexibility index (Phi) is 9.87. The Bertz CT molecular complexity index is 789. The van der Waals surface area contributed by atoms with E-state index in [1.807, 2.05) is 30.3 Å². The van der Waals surface area contributed by atoms with E-state index in [0.717, 1.165) is 55.7 Å². The van der Waals surface area contributed by atoms with Crippen LogP contribution in [0.1, 0.15) is 11.3 Å². The van der Waals surface area contributed by atoms with Crippen molar-refractivity contribution in [1.82, 2.24) is 25.6 Å². The molecular formula is C20H29IN6O3. The van der Waals surface area contributed by atoms with E-state index < -0.39 is 0 Å². The van der Waals surface area contributed by atoms with Crippen LogP contribution >= 0.6 is 24.0 Å². The van der Waals surface area contributed by atoms with Crippen molar-refractivity contribution >= 4 is 35.8 Å². The van der Waals surface area contributed by atoms with Crippen molar-refractivity contribution in [3.63, 3.8) is 0 Å². The molecule has 1 aromatic heterocycles. The Morgan fingerprint density at radius 1 is 1.17 bits per heavy atom. The number of ether oxygens (including phenoxy) is 1. The minimum atomic E-state index is -0.0772. The molecule has 0 spiro atoms. The lowest BCUT2D eigenvalue weighted by Gasteiger charge is -2.36. The molecule has 1 amide bonds. The fraction of sp³-hybridized carbons (Fsp3) is 0.450. The number of amides is 1. The van der Waals surface area contributed by atoms with Crippen molar-refractivity contribution in [2.45, 2.75) is 13.1 Å². The predicted molar refractivity (Wildman–Crippen MR) is 125 cm³/mol. The summed E-state index contributed by atoms with van der Waals surface area (Å²) in [7, 11) is 3.37. The highest BCUT2D eigenvalue weighted by Crippen LogP contribution is 2.11. The molecule has 0 bridgehead atoms. The van der Waals surface area contributed by atoms with E-state index in [9.17, 15) is 4.79 Å². The van der Waals surface area contributed by atoms with Crippen LogP contribution in [0.15, 0.2) is 46.1 Å². The van der Waals surface area contributed by atoms with Crippen molar-refractivity contribution in [3.8, 4) is 5.75 Å². The first kappa shape index (κ1) is 23.9. The van der Waals surface area contributed by atoms with Gasteiger partial charge in [0.1, 0.15) is 12.0 Å². The Morgan fingerprint density at radius 3 is 2.50 bits per heavy atom. The molecule has 0 saturated carbocycles. The minimum Gasteiger partial charge on any atom is -0.497 e. The van der Waals surface area contributed by atoms with Crippen LogP contribution < -0.4 is 15.4 Å². The highest BCUT2D eigenvalue weighted by atomic mass is 127. The maximum Gasteiger partial charge on any atom is 0.239 e. The summed E-state index contributed by atoms with van der Waals surface area (Å²) >= 11 is 0. The van der Waals surface area contributed by atoms with Gasteiger partial charge in [0.05, 0.1) is 19.3 Å². The summed E-state index contributed by atoms with van der Waals surface area (Å²) in [6.07, 6.45) is 1.59. The maximum absolute atomic E-state index is 12.2. The molecule has 2 aromatic rings. The second kappa shape index (κ2) is 12.4. The van der Waals surface area contributed by atoms with Gasteiger partial charge in [-0.15, -0.1) is 24.0 Å². The van der Waals surface area contributed by atoms with E-state index in [2.05, 4.69) is 30.6 Å². The van der Waals surface area contributed by atoms with Gasteiger partial charge >= 0.3 is 0 Å². The molecule has 1 aliphatic rings. The van der Waals surface area contributed by atoms with E-state index in [1.165, 1.54) is 0 Å². The van der Waals surface area contributed by atoms with Crippen molar-refractivity contribution < 1.29 is 14.1 Å². The summed E-state index contributed by atoms with van der Waals surface area (Å²) in [5, 5.41) is 10.0. The van der Waals surface area contributed by atoms with E-state index in [0.29, 0.717) is 6.54 Å². The summed E-state index contributed by atoms with van der Waals surface area (Å²) in [5.41, 5.74) is 1.96. The van der Waals surface area contributed by atoms with Gasteiger partial charge in [0.25, 0.3) is 0 Å². The average Bonchev–Trinajstić information content (AvgIpc) is 3.27. The van der Waals surface area contributed by atoms with Gasteiger partial charge in [0, 0.05) is 52.4 Å². The number of aromatic nitrogens is 1. The number of carbonyl (C=O) groups excluding carboxylic acids is 1. The number of halogens is 1. The van der Waals surface area contributed by atoms with Crippen LogP contribution in [0.3, 0.4) is 0 Å². The van der Waals surface area contributed by atoms with Gasteiger partial charge < -0.3 is 24.8 Å². The molecule has 30 heavy (non-hydrogen) atoms. The number of piperazine rings is 1. The van der Waals surface area contributed by atoms with Gasteiger partial charge in [-0.1, -0.05) is 17.3 Å². The molecule has 0 aliphatic carbocycles. The third kappa shape index (κ3) is 7.17. The summed E-state index contributed by atoms with van der Waals surface area (Å²) in [5.74, 6) is 1.46. The molecule has 0 atom stereocenters. The zero-order valence-electron chi connectivity index (χ0n) is 17.3. The number of methoxy groups -OCH3 is 1. The molecule has 3 rings (SSSR count). The third-order valence-corrected chi connectivity index (χ3v) is 4.82. The Hall–Kier alpha value is -2.34. The molecular weight excluding hydrogens is 499 g/mol. The van der Waals surface area contributed by atoms with Crippen LogP contribution in [0.25, 0.3) is 0 Å². The number of benzene rings is 1. The zero-order valence-corrected chi connectivity index (χ0v) is 19.7. The van der Waals surface area contributed by atoms with Gasteiger partial charge in [-0.25, -0.2) is 0 Å². The molecule has 164 valence electrons. The third-order valence-electron chi connectivity index (χ3n) is 4.82.